The summed E-state index contributed by atoms with van der Waals surface area (Å²) in [4.78, 5) is 33.0. The predicted octanol–water partition coefficient (Wildman–Crippen LogP) is 0.765. The van der Waals surface area contributed by atoms with E-state index in [1.807, 2.05) is 0 Å². The van der Waals surface area contributed by atoms with Gasteiger partial charge in [-0.25, -0.2) is 0 Å². The zero-order chi connectivity index (χ0) is 15.5. The molecular weight excluding hydrogens is 281 g/mol. The first kappa shape index (κ1) is 15.5. The van der Waals surface area contributed by atoms with Crippen molar-refractivity contribution in [1.29, 1.82) is 0 Å². The zero-order valence-electron chi connectivity index (χ0n) is 9.85. The minimum Gasteiger partial charge on any atom is -0.480 e. The Bertz CT molecular complexity index is 557. The molecule has 0 saturated heterocycles. The Morgan fingerprint density at radius 3 is 2.20 bits per heavy atom. The molecule has 0 spiro atoms. The van der Waals surface area contributed by atoms with Crippen LogP contribution >= 0.6 is 0 Å². The molecular formula is C11H9F3N2O4. The van der Waals surface area contributed by atoms with Crippen molar-refractivity contribution in [3.8, 4) is 0 Å². The van der Waals surface area contributed by atoms with Crippen molar-refractivity contribution in [2.24, 2.45) is 5.73 Å². The molecule has 0 unspecified atom stereocenters. The van der Waals surface area contributed by atoms with Gasteiger partial charge in [0, 0.05) is 0 Å². The molecule has 0 radical (unpaired) electrons. The molecule has 2 amide bonds. The summed E-state index contributed by atoms with van der Waals surface area (Å²) in [5.41, 5.74) is 4.09. The lowest BCUT2D eigenvalue weighted by molar-refractivity contribution is -0.170. The van der Waals surface area contributed by atoms with E-state index in [0.717, 1.165) is 12.1 Å². The normalized spacial score (nSPS) is 10.9. The van der Waals surface area contributed by atoms with Gasteiger partial charge in [-0.15, -0.1) is 0 Å². The molecule has 1 rings (SSSR count). The number of anilines is 1. The number of carboxylic acids is 1. The van der Waals surface area contributed by atoms with Crippen LogP contribution in [0.4, 0.5) is 18.9 Å². The molecule has 20 heavy (non-hydrogen) atoms. The van der Waals surface area contributed by atoms with Gasteiger partial charge < -0.3 is 10.8 Å². The molecule has 0 aromatic heterocycles. The number of primary amides is 1. The average molecular weight is 290 g/mol. The fourth-order valence-corrected chi connectivity index (χ4v) is 1.47. The molecule has 108 valence electrons. The minimum atomic E-state index is -5.28. The molecule has 9 heteroatoms. The van der Waals surface area contributed by atoms with Crippen LogP contribution in [-0.2, 0) is 9.59 Å². The number of nitrogens with zero attached hydrogens (tertiary/aromatic N) is 1. The molecule has 6 nitrogen and oxygen atoms in total. The Kier molecular flexibility index (Phi) is 4.33. The molecule has 0 heterocycles. The SMILES string of the molecule is NC(=O)c1ccccc1N(CC(=O)O)C(=O)C(F)(F)F. The molecule has 0 aliphatic carbocycles. The van der Waals surface area contributed by atoms with Gasteiger partial charge in [-0.05, 0) is 12.1 Å². The van der Waals surface area contributed by atoms with E-state index in [-0.39, 0.29) is 10.5 Å². The van der Waals surface area contributed by atoms with Crippen LogP contribution in [0, 0.1) is 0 Å². The highest BCUT2D eigenvalue weighted by atomic mass is 19.4. The van der Waals surface area contributed by atoms with Crippen LogP contribution in [-0.4, -0.2) is 35.6 Å². The van der Waals surface area contributed by atoms with Crippen LogP contribution in [0.25, 0.3) is 0 Å². The first-order valence-electron chi connectivity index (χ1n) is 5.14. The summed E-state index contributed by atoms with van der Waals surface area (Å²) < 4.78 is 37.4. The number of para-hydroxylation sites is 1. The molecule has 1 aromatic rings. The third kappa shape index (κ3) is 3.46. The lowest BCUT2D eigenvalue weighted by Gasteiger charge is -2.23. The van der Waals surface area contributed by atoms with E-state index in [1.54, 1.807) is 0 Å². The van der Waals surface area contributed by atoms with Gasteiger partial charge >= 0.3 is 18.1 Å². The van der Waals surface area contributed by atoms with E-state index < -0.39 is 36.2 Å². The molecule has 0 saturated carbocycles. The Balaban J connectivity index is 3.35. The molecule has 0 atom stereocenters. The summed E-state index contributed by atoms with van der Waals surface area (Å²) in [6.07, 6.45) is -5.28. The molecule has 0 aliphatic heterocycles. The summed E-state index contributed by atoms with van der Waals surface area (Å²) >= 11 is 0. The third-order valence-corrected chi connectivity index (χ3v) is 2.24. The predicted molar refractivity (Wildman–Crippen MR) is 61.0 cm³/mol. The molecule has 0 aliphatic rings. The number of alkyl halides is 3. The van der Waals surface area contributed by atoms with Crippen molar-refractivity contribution in [3.05, 3.63) is 29.8 Å². The number of nitrogens with two attached hydrogens (primary N) is 1. The average Bonchev–Trinajstić information content (AvgIpc) is 2.33. The number of aliphatic carboxylic acids is 1. The summed E-state index contributed by atoms with van der Waals surface area (Å²) in [6.45, 7) is -1.25. The standard InChI is InChI=1S/C11H9F3N2O4/c12-11(13,14)10(20)16(5-8(17)18)7-4-2-1-3-6(7)9(15)19/h1-4H,5H2,(H2,15,19)(H,17,18). The van der Waals surface area contributed by atoms with Crippen molar-refractivity contribution in [2.45, 2.75) is 6.18 Å². The lowest BCUT2D eigenvalue weighted by atomic mass is 10.1. The minimum absolute atomic E-state index is 0.0531. The highest BCUT2D eigenvalue weighted by Crippen LogP contribution is 2.26. The monoisotopic (exact) mass is 290 g/mol. The number of carbonyl (C=O) groups is 3. The van der Waals surface area contributed by atoms with Crippen molar-refractivity contribution < 1.29 is 32.7 Å². The van der Waals surface area contributed by atoms with Crippen LogP contribution in [0.1, 0.15) is 10.4 Å². The van der Waals surface area contributed by atoms with Crippen molar-refractivity contribution in [2.75, 3.05) is 11.4 Å². The topological polar surface area (TPSA) is 101 Å². The molecule has 0 bridgehead atoms. The van der Waals surface area contributed by atoms with Crippen molar-refractivity contribution >= 4 is 23.5 Å². The summed E-state index contributed by atoms with van der Waals surface area (Å²) in [6, 6.07) is 4.67. The first-order valence-corrected chi connectivity index (χ1v) is 5.14. The van der Waals surface area contributed by atoms with Crippen molar-refractivity contribution in [3.63, 3.8) is 0 Å². The van der Waals surface area contributed by atoms with Gasteiger partial charge in [0.15, 0.2) is 0 Å². The Labute approximate surface area is 110 Å². The van der Waals surface area contributed by atoms with E-state index in [9.17, 15) is 27.6 Å². The number of rotatable bonds is 4. The second-order valence-electron chi connectivity index (χ2n) is 3.66. The van der Waals surface area contributed by atoms with Crippen LogP contribution in [0.15, 0.2) is 24.3 Å². The van der Waals surface area contributed by atoms with Gasteiger partial charge in [-0.1, -0.05) is 12.1 Å². The Morgan fingerprint density at radius 2 is 1.75 bits per heavy atom. The number of amides is 2. The lowest BCUT2D eigenvalue weighted by Crippen LogP contribution is -2.44. The van der Waals surface area contributed by atoms with Gasteiger partial charge in [0.2, 0.25) is 0 Å². The van der Waals surface area contributed by atoms with Crippen LogP contribution < -0.4 is 10.6 Å². The molecule has 3 N–H and O–H groups in total. The van der Waals surface area contributed by atoms with Crippen LogP contribution in [0.3, 0.4) is 0 Å². The van der Waals surface area contributed by atoms with Gasteiger partial charge in [-0.3, -0.25) is 19.3 Å². The Hall–Kier alpha value is -2.58. The zero-order valence-corrected chi connectivity index (χ0v) is 9.85. The highest BCUT2D eigenvalue weighted by molar-refractivity contribution is 6.07. The van der Waals surface area contributed by atoms with Gasteiger partial charge in [0.1, 0.15) is 6.54 Å². The first-order chi connectivity index (χ1) is 9.14. The Morgan fingerprint density at radius 1 is 1.20 bits per heavy atom. The quantitative estimate of drug-likeness (QED) is 0.855. The van der Waals surface area contributed by atoms with E-state index >= 15 is 0 Å². The maximum atomic E-state index is 12.5. The highest BCUT2D eigenvalue weighted by Gasteiger charge is 2.44. The fraction of sp³-hybridized carbons (Fsp3) is 0.182. The number of hydrogen-bond acceptors (Lipinski definition) is 3. The van der Waals surface area contributed by atoms with Crippen molar-refractivity contribution in [1.82, 2.24) is 0 Å². The van der Waals surface area contributed by atoms with E-state index in [2.05, 4.69) is 0 Å². The number of benzene rings is 1. The third-order valence-electron chi connectivity index (χ3n) is 2.24. The second kappa shape index (κ2) is 5.59. The van der Waals surface area contributed by atoms with Gasteiger partial charge in [-0.2, -0.15) is 13.2 Å². The summed E-state index contributed by atoms with van der Waals surface area (Å²) in [5.74, 6) is -5.14. The molecule has 0 fully saturated rings. The second-order valence-corrected chi connectivity index (χ2v) is 3.66. The maximum Gasteiger partial charge on any atom is 0.471 e. The maximum absolute atomic E-state index is 12.5. The van der Waals surface area contributed by atoms with E-state index in [0.29, 0.717) is 0 Å². The summed E-state index contributed by atoms with van der Waals surface area (Å²) in [5, 5.41) is 8.61. The van der Waals surface area contributed by atoms with Crippen LogP contribution in [0.5, 0.6) is 0 Å². The fourth-order valence-electron chi connectivity index (χ4n) is 1.47. The molecule has 1 aromatic carbocycles. The van der Waals surface area contributed by atoms with E-state index in [4.69, 9.17) is 10.8 Å². The van der Waals surface area contributed by atoms with E-state index in [1.165, 1.54) is 12.1 Å². The van der Waals surface area contributed by atoms with Gasteiger partial charge in [0.05, 0.1) is 11.3 Å². The van der Waals surface area contributed by atoms with Gasteiger partial charge in [0.25, 0.3) is 5.91 Å². The number of carboxylic acid groups (broad SMARTS) is 1. The number of halogens is 3. The smallest absolute Gasteiger partial charge is 0.471 e. The summed E-state index contributed by atoms with van der Waals surface area (Å²) in [7, 11) is 0. The number of hydrogen-bond donors (Lipinski definition) is 2. The number of carbonyl (C=O) groups excluding carboxylic acids is 2. The van der Waals surface area contributed by atoms with Crippen LogP contribution in [0.2, 0.25) is 0 Å². The largest absolute Gasteiger partial charge is 0.480 e.